The van der Waals surface area contributed by atoms with Crippen molar-refractivity contribution in [1.82, 2.24) is 9.97 Å². The predicted octanol–water partition coefficient (Wildman–Crippen LogP) is 2.60. The van der Waals surface area contributed by atoms with Crippen LogP contribution in [-0.4, -0.2) is 34.3 Å². The summed E-state index contributed by atoms with van der Waals surface area (Å²) in [5.74, 6) is 0.367. The van der Waals surface area contributed by atoms with E-state index in [1.54, 1.807) is 12.4 Å². The van der Waals surface area contributed by atoms with E-state index >= 15 is 0 Å². The highest BCUT2D eigenvalue weighted by Gasteiger charge is 2.25. The van der Waals surface area contributed by atoms with Crippen molar-refractivity contribution in [2.24, 2.45) is 5.92 Å². The first-order valence-electron chi connectivity index (χ1n) is 6.48. The van der Waals surface area contributed by atoms with Gasteiger partial charge in [0, 0.05) is 30.0 Å². The van der Waals surface area contributed by atoms with Gasteiger partial charge in [-0.25, -0.2) is 0 Å². The second kappa shape index (κ2) is 5.06. The van der Waals surface area contributed by atoms with E-state index in [-0.39, 0.29) is 6.10 Å². The van der Waals surface area contributed by atoms with Gasteiger partial charge in [-0.1, -0.05) is 6.92 Å². The van der Waals surface area contributed by atoms with E-state index in [0.29, 0.717) is 12.5 Å². The molecule has 0 spiro atoms. The molecule has 2 aromatic rings. The number of fused-ring (bicyclic) bond motifs is 1. The normalized spacial score (nSPS) is 23.8. The van der Waals surface area contributed by atoms with Gasteiger partial charge in [-0.3, -0.25) is 9.97 Å². The molecule has 1 aliphatic heterocycles. The van der Waals surface area contributed by atoms with Crippen molar-refractivity contribution in [1.29, 1.82) is 0 Å². The second-order valence-electron chi connectivity index (χ2n) is 5.13. The highest BCUT2D eigenvalue weighted by Crippen LogP contribution is 2.29. The number of halogens is 1. The number of piperidine rings is 1. The third-order valence-electron chi connectivity index (χ3n) is 3.78. The predicted molar refractivity (Wildman–Crippen MR) is 79.2 cm³/mol. The summed E-state index contributed by atoms with van der Waals surface area (Å²) in [5.41, 5.74) is 2.83. The maximum Gasteiger partial charge on any atom is 0.112 e. The van der Waals surface area contributed by atoms with Crippen LogP contribution in [0.1, 0.15) is 13.3 Å². The Balaban J connectivity index is 2.01. The van der Waals surface area contributed by atoms with Gasteiger partial charge in [0.15, 0.2) is 0 Å². The zero-order chi connectivity index (χ0) is 13.4. The molecule has 2 atom stereocenters. The second-order valence-corrected chi connectivity index (χ2v) is 6.05. The minimum absolute atomic E-state index is 0.271. The van der Waals surface area contributed by atoms with Crippen molar-refractivity contribution in [3.63, 3.8) is 0 Å². The van der Waals surface area contributed by atoms with Crippen LogP contribution in [0.4, 0.5) is 5.69 Å². The van der Waals surface area contributed by atoms with Gasteiger partial charge in [-0.15, -0.1) is 0 Å². The summed E-state index contributed by atoms with van der Waals surface area (Å²) in [6, 6.07) is 3.95. The summed E-state index contributed by atoms with van der Waals surface area (Å²) in [5, 5.41) is 10.0. The lowest BCUT2D eigenvalue weighted by molar-refractivity contribution is 0.103. The summed E-state index contributed by atoms with van der Waals surface area (Å²) in [6.45, 7) is 3.72. The summed E-state index contributed by atoms with van der Waals surface area (Å²) < 4.78 is 0.928. The van der Waals surface area contributed by atoms with E-state index in [1.165, 1.54) is 0 Å². The molecule has 0 bridgehead atoms. The molecule has 4 nitrogen and oxygen atoms in total. The molecule has 0 saturated carbocycles. The van der Waals surface area contributed by atoms with Crippen molar-refractivity contribution in [2.45, 2.75) is 19.4 Å². The summed E-state index contributed by atoms with van der Waals surface area (Å²) in [7, 11) is 0. The average molecular weight is 322 g/mol. The van der Waals surface area contributed by atoms with Gasteiger partial charge in [0.05, 0.1) is 17.3 Å². The van der Waals surface area contributed by atoms with Crippen molar-refractivity contribution in [3.8, 4) is 0 Å². The van der Waals surface area contributed by atoms with Crippen molar-refractivity contribution in [2.75, 3.05) is 18.0 Å². The van der Waals surface area contributed by atoms with Crippen LogP contribution >= 0.6 is 15.9 Å². The summed E-state index contributed by atoms with van der Waals surface area (Å²) in [4.78, 5) is 11.0. The van der Waals surface area contributed by atoms with Crippen LogP contribution in [0.25, 0.3) is 11.0 Å². The number of anilines is 1. The van der Waals surface area contributed by atoms with Crippen LogP contribution in [0, 0.1) is 5.92 Å². The average Bonchev–Trinajstić information content (AvgIpc) is 2.41. The third kappa shape index (κ3) is 2.44. The van der Waals surface area contributed by atoms with Gasteiger partial charge in [0.2, 0.25) is 0 Å². The van der Waals surface area contributed by atoms with E-state index in [2.05, 4.69) is 37.7 Å². The lowest BCUT2D eigenvalue weighted by atomic mass is 9.95. The van der Waals surface area contributed by atoms with Gasteiger partial charge in [0.1, 0.15) is 5.52 Å². The topological polar surface area (TPSA) is 49.2 Å². The largest absolute Gasteiger partial charge is 0.391 e. The Labute approximate surface area is 120 Å². The molecule has 100 valence electrons. The van der Waals surface area contributed by atoms with Crippen LogP contribution in [0.5, 0.6) is 0 Å². The molecule has 1 fully saturated rings. The minimum atomic E-state index is -0.271. The van der Waals surface area contributed by atoms with Crippen LogP contribution < -0.4 is 4.90 Å². The SMILES string of the molecule is C[C@H]1CCN(c2ccnc3cc(Br)cnc23)C[C@H]1O. The smallest absolute Gasteiger partial charge is 0.112 e. The molecule has 5 heteroatoms. The molecule has 3 rings (SSSR count). The molecule has 19 heavy (non-hydrogen) atoms. The van der Waals surface area contributed by atoms with E-state index in [4.69, 9.17) is 0 Å². The van der Waals surface area contributed by atoms with E-state index in [9.17, 15) is 5.11 Å². The number of hydrogen-bond acceptors (Lipinski definition) is 4. The molecule has 0 amide bonds. The van der Waals surface area contributed by atoms with Crippen molar-refractivity contribution >= 4 is 32.7 Å². The molecule has 3 heterocycles. The number of β-amino-alcohol motifs (C(OH)–C–C–N with tert-alkyl or cyclic N) is 1. The lowest BCUT2D eigenvalue weighted by Gasteiger charge is -2.36. The quantitative estimate of drug-likeness (QED) is 0.877. The number of pyridine rings is 2. The van der Waals surface area contributed by atoms with Crippen molar-refractivity contribution in [3.05, 3.63) is 29.0 Å². The molecule has 1 saturated heterocycles. The molecule has 1 N–H and O–H groups in total. The van der Waals surface area contributed by atoms with Crippen LogP contribution in [-0.2, 0) is 0 Å². The summed E-state index contributed by atoms with van der Waals surface area (Å²) >= 11 is 3.41. The van der Waals surface area contributed by atoms with Gasteiger partial charge < -0.3 is 10.0 Å². The number of aliphatic hydroxyl groups excluding tert-OH is 1. The zero-order valence-electron chi connectivity index (χ0n) is 10.8. The first-order valence-corrected chi connectivity index (χ1v) is 7.28. The fourth-order valence-corrected chi connectivity index (χ4v) is 2.83. The Morgan fingerprint density at radius 2 is 2.26 bits per heavy atom. The molecule has 0 aliphatic carbocycles. The highest BCUT2D eigenvalue weighted by atomic mass is 79.9. The Kier molecular flexibility index (Phi) is 3.41. The summed E-state index contributed by atoms with van der Waals surface area (Å²) in [6.07, 6.45) is 4.32. The molecular weight excluding hydrogens is 306 g/mol. The van der Waals surface area contributed by atoms with Crippen LogP contribution in [0.2, 0.25) is 0 Å². The highest BCUT2D eigenvalue weighted by molar-refractivity contribution is 9.10. The minimum Gasteiger partial charge on any atom is -0.391 e. The maximum absolute atomic E-state index is 10.0. The van der Waals surface area contributed by atoms with E-state index in [1.807, 2.05) is 12.1 Å². The Morgan fingerprint density at radius 1 is 1.42 bits per heavy atom. The first-order chi connectivity index (χ1) is 9.15. The molecule has 0 aromatic carbocycles. The standard InChI is InChI=1S/C14H16BrN3O/c1-9-3-5-18(8-13(9)19)12-2-4-16-11-6-10(15)7-17-14(11)12/h2,4,6-7,9,13,19H,3,5,8H2,1H3/t9-,13+/m0/s1. The molecule has 0 radical (unpaired) electrons. The number of rotatable bonds is 1. The number of hydrogen-bond donors (Lipinski definition) is 1. The Bertz CT molecular complexity index is 604. The van der Waals surface area contributed by atoms with Crippen molar-refractivity contribution < 1.29 is 5.11 Å². The van der Waals surface area contributed by atoms with Gasteiger partial charge in [-0.2, -0.15) is 0 Å². The molecule has 0 unspecified atom stereocenters. The van der Waals surface area contributed by atoms with E-state index < -0.39 is 0 Å². The Morgan fingerprint density at radius 3 is 3.05 bits per heavy atom. The third-order valence-corrected chi connectivity index (χ3v) is 4.22. The van der Waals surface area contributed by atoms with Gasteiger partial charge in [-0.05, 0) is 40.4 Å². The number of nitrogens with zero attached hydrogens (tertiary/aromatic N) is 3. The maximum atomic E-state index is 10.0. The van der Waals surface area contributed by atoms with Gasteiger partial charge >= 0.3 is 0 Å². The fourth-order valence-electron chi connectivity index (χ4n) is 2.51. The molecule has 2 aromatic heterocycles. The lowest BCUT2D eigenvalue weighted by Crippen LogP contribution is -2.43. The Hall–Kier alpha value is -1.20. The van der Waals surface area contributed by atoms with Crippen LogP contribution in [0.3, 0.4) is 0 Å². The first kappa shape index (κ1) is 12.8. The molecular formula is C14H16BrN3O. The monoisotopic (exact) mass is 321 g/mol. The zero-order valence-corrected chi connectivity index (χ0v) is 12.3. The number of aliphatic hydroxyl groups is 1. The van der Waals surface area contributed by atoms with E-state index in [0.717, 1.165) is 34.2 Å². The van der Waals surface area contributed by atoms with Gasteiger partial charge in [0.25, 0.3) is 0 Å². The fraction of sp³-hybridized carbons (Fsp3) is 0.429. The van der Waals surface area contributed by atoms with Crippen LogP contribution in [0.15, 0.2) is 29.0 Å². The number of aromatic nitrogens is 2. The molecule has 1 aliphatic rings.